The number of alkyl halides is 1. The van der Waals surface area contributed by atoms with Gasteiger partial charge in [0.2, 0.25) is 0 Å². The van der Waals surface area contributed by atoms with Gasteiger partial charge >= 0.3 is 5.97 Å². The van der Waals surface area contributed by atoms with Crippen molar-refractivity contribution in [3.8, 4) is 11.1 Å². The fourth-order valence-electron chi connectivity index (χ4n) is 2.70. The minimum Gasteiger partial charge on any atom is -0.478 e. The lowest BCUT2D eigenvalue weighted by atomic mass is 10.0. The summed E-state index contributed by atoms with van der Waals surface area (Å²) in [5.74, 6) is -4.86. The minimum atomic E-state index is -2.17. The van der Waals surface area contributed by atoms with Gasteiger partial charge in [0.15, 0.2) is 17.8 Å². The van der Waals surface area contributed by atoms with E-state index in [1.165, 1.54) is 5.38 Å². The molecule has 1 aromatic heterocycles. The number of amides is 1. The van der Waals surface area contributed by atoms with Crippen LogP contribution < -0.4 is 5.32 Å². The Hall–Kier alpha value is -2.55. The summed E-state index contributed by atoms with van der Waals surface area (Å²) in [5.41, 5.74) is 0.593. The monoisotopic (exact) mass is 473 g/mol. The van der Waals surface area contributed by atoms with E-state index in [-0.39, 0.29) is 21.2 Å². The summed E-state index contributed by atoms with van der Waals surface area (Å²) in [7, 11) is 0. The van der Waals surface area contributed by atoms with E-state index in [2.05, 4.69) is 5.32 Å². The Balaban J connectivity index is 1.82. The number of hydrogen-bond acceptors (Lipinski definition) is 3. The zero-order valence-electron chi connectivity index (χ0n) is 14.9. The predicted molar refractivity (Wildman–Crippen MR) is 110 cm³/mol. The second-order valence-corrected chi connectivity index (χ2v) is 7.91. The van der Waals surface area contributed by atoms with Gasteiger partial charge in [-0.15, -0.1) is 11.3 Å². The average molecular weight is 474 g/mol. The third-order valence-corrected chi connectivity index (χ3v) is 5.67. The molecule has 2 N–H and O–H groups in total. The summed E-state index contributed by atoms with van der Waals surface area (Å²) >= 11 is 12.5. The van der Waals surface area contributed by atoms with Crippen molar-refractivity contribution in [2.24, 2.45) is 0 Å². The van der Waals surface area contributed by atoms with Crippen LogP contribution in [0.2, 0.25) is 10.0 Å². The molecule has 0 aliphatic heterocycles. The maximum absolute atomic E-state index is 14.4. The molecule has 0 fully saturated rings. The van der Waals surface area contributed by atoms with E-state index in [0.29, 0.717) is 28.3 Å². The molecule has 1 atom stereocenters. The molecule has 156 valence electrons. The molecular weight excluding hydrogens is 462 g/mol. The van der Waals surface area contributed by atoms with Gasteiger partial charge in [-0.3, -0.25) is 4.79 Å². The second-order valence-electron chi connectivity index (χ2n) is 6.18. The van der Waals surface area contributed by atoms with Crippen molar-refractivity contribution >= 4 is 51.4 Å². The van der Waals surface area contributed by atoms with E-state index < -0.39 is 36.1 Å². The summed E-state index contributed by atoms with van der Waals surface area (Å²) in [5, 5.41) is 13.5. The molecule has 0 saturated heterocycles. The van der Waals surface area contributed by atoms with Crippen LogP contribution in [-0.2, 0) is 11.2 Å². The number of aromatic carboxylic acids is 1. The number of rotatable bonds is 6. The van der Waals surface area contributed by atoms with E-state index in [9.17, 15) is 27.9 Å². The van der Waals surface area contributed by atoms with Crippen LogP contribution in [-0.4, -0.2) is 23.2 Å². The number of carboxylic acids is 1. The van der Waals surface area contributed by atoms with Crippen LogP contribution >= 0.6 is 34.5 Å². The molecular formula is C20H12Cl2F3NO3S. The van der Waals surface area contributed by atoms with Crippen LogP contribution in [0.3, 0.4) is 0 Å². The molecule has 0 spiro atoms. The van der Waals surface area contributed by atoms with Crippen LogP contribution in [0, 0.1) is 11.6 Å². The molecule has 10 heteroatoms. The average Bonchev–Trinajstić information content (AvgIpc) is 3.10. The molecule has 4 nitrogen and oxygen atoms in total. The van der Waals surface area contributed by atoms with E-state index in [4.69, 9.17) is 23.2 Å². The molecule has 1 unspecified atom stereocenters. The maximum atomic E-state index is 14.4. The Morgan fingerprint density at radius 1 is 1.10 bits per heavy atom. The quantitative estimate of drug-likeness (QED) is 0.417. The first kappa shape index (κ1) is 22.1. The molecule has 1 heterocycles. The molecule has 0 saturated carbocycles. The SMILES string of the molecule is O=C(O)c1c(-c2ccc(Cl)cc2)csc1NC(=O)C(F)Cc1cc(F)c(F)cc1Cl. The molecule has 3 aromatic rings. The van der Waals surface area contributed by atoms with Gasteiger partial charge in [-0.05, 0) is 35.4 Å². The van der Waals surface area contributed by atoms with E-state index in [1.54, 1.807) is 24.3 Å². The van der Waals surface area contributed by atoms with Crippen LogP contribution in [0.15, 0.2) is 41.8 Å². The van der Waals surface area contributed by atoms with Crippen LogP contribution in [0.25, 0.3) is 11.1 Å². The Morgan fingerprint density at radius 2 is 1.73 bits per heavy atom. The zero-order valence-corrected chi connectivity index (χ0v) is 17.2. The lowest BCUT2D eigenvalue weighted by Gasteiger charge is -2.11. The molecule has 0 radical (unpaired) electrons. The lowest BCUT2D eigenvalue weighted by Crippen LogP contribution is -2.26. The summed E-state index contributed by atoms with van der Waals surface area (Å²) < 4.78 is 40.9. The summed E-state index contributed by atoms with van der Waals surface area (Å²) in [6, 6.07) is 7.81. The number of carbonyl (C=O) groups is 2. The molecule has 30 heavy (non-hydrogen) atoms. The van der Waals surface area contributed by atoms with Crippen molar-refractivity contribution in [3.63, 3.8) is 0 Å². The van der Waals surface area contributed by atoms with Gasteiger partial charge in [0.25, 0.3) is 5.91 Å². The number of hydrogen-bond donors (Lipinski definition) is 2. The third-order valence-electron chi connectivity index (χ3n) is 4.17. The molecule has 3 rings (SSSR count). The van der Waals surface area contributed by atoms with Crippen molar-refractivity contribution in [1.29, 1.82) is 0 Å². The number of thiophene rings is 1. The van der Waals surface area contributed by atoms with Gasteiger partial charge in [0.05, 0.1) is 0 Å². The highest BCUT2D eigenvalue weighted by atomic mass is 35.5. The molecule has 0 aliphatic rings. The van der Waals surface area contributed by atoms with Crippen molar-refractivity contribution in [1.82, 2.24) is 0 Å². The van der Waals surface area contributed by atoms with Gasteiger partial charge in [-0.1, -0.05) is 35.3 Å². The summed E-state index contributed by atoms with van der Waals surface area (Å²) in [6.07, 6.45) is -2.78. The number of carbonyl (C=O) groups excluding carboxylic acids is 1. The Morgan fingerprint density at radius 3 is 2.37 bits per heavy atom. The topological polar surface area (TPSA) is 66.4 Å². The van der Waals surface area contributed by atoms with Gasteiger partial charge in [-0.2, -0.15) is 0 Å². The van der Waals surface area contributed by atoms with Crippen LogP contribution in [0.1, 0.15) is 15.9 Å². The normalized spacial score (nSPS) is 11.9. The molecule has 2 aromatic carbocycles. The number of carboxylic acid groups (broad SMARTS) is 1. The smallest absolute Gasteiger partial charge is 0.339 e. The fraction of sp³-hybridized carbons (Fsp3) is 0.100. The number of nitrogens with one attached hydrogen (secondary N) is 1. The summed E-state index contributed by atoms with van der Waals surface area (Å²) in [6.45, 7) is 0. The Bertz CT molecular complexity index is 1120. The van der Waals surface area contributed by atoms with Gasteiger partial charge in [-0.25, -0.2) is 18.0 Å². The van der Waals surface area contributed by atoms with Crippen molar-refractivity contribution in [2.75, 3.05) is 5.32 Å². The van der Waals surface area contributed by atoms with Gasteiger partial charge in [0.1, 0.15) is 10.6 Å². The largest absolute Gasteiger partial charge is 0.478 e. The minimum absolute atomic E-state index is 0.0588. The standard InChI is InChI=1S/C20H12Cl2F3NO3S/c21-11-3-1-9(2-4-11)12-8-30-19(17(12)20(28)29)26-18(27)16(25)6-10-5-14(23)15(24)7-13(10)22/h1-5,7-8,16H,6H2,(H,26,27)(H,28,29). The number of anilines is 1. The van der Waals surface area contributed by atoms with Crippen LogP contribution in [0.4, 0.5) is 18.2 Å². The Labute approximate surface area is 182 Å². The van der Waals surface area contributed by atoms with E-state index in [0.717, 1.165) is 11.3 Å². The van der Waals surface area contributed by atoms with Crippen molar-refractivity contribution in [3.05, 3.63) is 74.6 Å². The van der Waals surface area contributed by atoms with Crippen molar-refractivity contribution in [2.45, 2.75) is 12.6 Å². The lowest BCUT2D eigenvalue weighted by molar-refractivity contribution is -0.120. The van der Waals surface area contributed by atoms with E-state index >= 15 is 0 Å². The third kappa shape index (κ3) is 4.77. The maximum Gasteiger partial charge on any atom is 0.339 e. The fourth-order valence-corrected chi connectivity index (χ4v) is 4.02. The highest BCUT2D eigenvalue weighted by molar-refractivity contribution is 7.15. The number of halogens is 5. The van der Waals surface area contributed by atoms with E-state index in [1.807, 2.05) is 0 Å². The highest BCUT2D eigenvalue weighted by Gasteiger charge is 2.25. The Kier molecular flexibility index (Phi) is 6.70. The number of benzene rings is 2. The predicted octanol–water partition coefficient (Wildman–Crippen LogP) is 6.22. The summed E-state index contributed by atoms with van der Waals surface area (Å²) in [4.78, 5) is 24.0. The van der Waals surface area contributed by atoms with Crippen LogP contribution in [0.5, 0.6) is 0 Å². The highest BCUT2D eigenvalue weighted by Crippen LogP contribution is 2.36. The first-order valence-corrected chi connectivity index (χ1v) is 10.00. The first-order valence-electron chi connectivity index (χ1n) is 8.36. The molecule has 0 aliphatic carbocycles. The second kappa shape index (κ2) is 9.07. The van der Waals surface area contributed by atoms with Gasteiger partial charge in [0, 0.05) is 27.4 Å². The van der Waals surface area contributed by atoms with Gasteiger partial charge < -0.3 is 10.4 Å². The van der Waals surface area contributed by atoms with Crippen molar-refractivity contribution < 1.29 is 27.9 Å². The zero-order chi connectivity index (χ0) is 22.0. The molecule has 0 bridgehead atoms. The first-order chi connectivity index (χ1) is 14.2. The molecule has 1 amide bonds.